The maximum atomic E-state index is 12.1. The van der Waals surface area contributed by atoms with Crippen LogP contribution in [0.25, 0.3) is 0 Å². The van der Waals surface area contributed by atoms with E-state index in [0.717, 1.165) is 12.3 Å². The first-order chi connectivity index (χ1) is 9.51. The van der Waals surface area contributed by atoms with Crippen LogP contribution in [0.4, 0.5) is 0 Å². The summed E-state index contributed by atoms with van der Waals surface area (Å²) in [5.41, 5.74) is 0. The number of hydrogen-bond donors (Lipinski definition) is 2. The molecule has 2 atom stereocenters. The lowest BCUT2D eigenvalue weighted by atomic mass is 9.81. The van der Waals surface area contributed by atoms with E-state index in [1.165, 1.54) is 43.1 Å². The molecule has 2 rings (SSSR count). The Labute approximate surface area is 125 Å². The van der Waals surface area contributed by atoms with Crippen LogP contribution in [0.3, 0.4) is 0 Å². The van der Waals surface area contributed by atoms with E-state index in [1.807, 2.05) is 0 Å². The van der Waals surface area contributed by atoms with Crippen LogP contribution in [0.1, 0.15) is 43.9 Å². The second kappa shape index (κ2) is 7.02. The molecule has 0 spiro atoms. The topological polar surface area (TPSA) is 66.4 Å². The van der Waals surface area contributed by atoms with E-state index in [9.17, 15) is 8.42 Å². The minimum Gasteiger partial charge on any atom is -0.391 e. The van der Waals surface area contributed by atoms with Gasteiger partial charge >= 0.3 is 0 Å². The zero-order chi connectivity index (χ0) is 14.6. The van der Waals surface area contributed by atoms with Gasteiger partial charge < -0.3 is 5.11 Å². The van der Waals surface area contributed by atoms with Gasteiger partial charge in [0.15, 0.2) is 0 Å². The maximum absolute atomic E-state index is 12.1. The van der Waals surface area contributed by atoms with Gasteiger partial charge in [-0.3, -0.25) is 0 Å². The number of aliphatic hydroxyl groups is 1. The molecule has 1 aliphatic rings. The van der Waals surface area contributed by atoms with Crippen molar-refractivity contribution in [3.63, 3.8) is 0 Å². The van der Waals surface area contributed by atoms with Gasteiger partial charge in [0.1, 0.15) is 0 Å². The highest BCUT2D eigenvalue weighted by molar-refractivity contribution is 7.89. The first-order valence-corrected chi connectivity index (χ1v) is 9.55. The van der Waals surface area contributed by atoms with Crippen LogP contribution in [-0.2, 0) is 16.6 Å². The van der Waals surface area contributed by atoms with Gasteiger partial charge in [-0.2, -0.15) is 0 Å². The SMILES string of the molecule is CC1CCCC(CCNS(=O)(=O)c2csc(CO)c2)C1. The van der Waals surface area contributed by atoms with Gasteiger partial charge in [-0.1, -0.05) is 26.2 Å². The molecule has 114 valence electrons. The number of hydrogen-bond acceptors (Lipinski definition) is 4. The van der Waals surface area contributed by atoms with Gasteiger partial charge in [0.25, 0.3) is 0 Å². The summed E-state index contributed by atoms with van der Waals surface area (Å²) in [7, 11) is -3.41. The fourth-order valence-corrected chi connectivity index (χ4v) is 5.07. The molecule has 2 unspecified atom stereocenters. The van der Waals surface area contributed by atoms with Gasteiger partial charge in [-0.15, -0.1) is 11.3 Å². The number of sulfonamides is 1. The van der Waals surface area contributed by atoms with Crippen LogP contribution >= 0.6 is 11.3 Å². The third-order valence-corrected chi connectivity index (χ3v) is 6.50. The quantitative estimate of drug-likeness (QED) is 0.848. The summed E-state index contributed by atoms with van der Waals surface area (Å²) >= 11 is 1.27. The highest BCUT2D eigenvalue weighted by Crippen LogP contribution is 2.30. The molecule has 0 aromatic carbocycles. The Kier molecular flexibility index (Phi) is 5.60. The summed E-state index contributed by atoms with van der Waals surface area (Å²) in [6.45, 7) is 2.67. The van der Waals surface area contributed by atoms with Crippen LogP contribution in [0.15, 0.2) is 16.3 Å². The standard InChI is InChI=1S/C14H23NO3S2/c1-11-3-2-4-12(7-11)5-6-15-20(17,18)14-8-13(9-16)19-10-14/h8,10-12,15-16H,2-7,9H2,1H3. The molecular weight excluding hydrogens is 294 g/mol. The van der Waals surface area contributed by atoms with E-state index in [-0.39, 0.29) is 11.5 Å². The van der Waals surface area contributed by atoms with Gasteiger partial charge in [-0.05, 0) is 30.7 Å². The first kappa shape index (κ1) is 15.9. The summed E-state index contributed by atoms with van der Waals surface area (Å²) in [4.78, 5) is 0.940. The summed E-state index contributed by atoms with van der Waals surface area (Å²) in [5, 5.41) is 10.6. The van der Waals surface area contributed by atoms with Gasteiger partial charge in [0.05, 0.1) is 11.5 Å². The van der Waals surface area contributed by atoms with Crippen molar-refractivity contribution < 1.29 is 13.5 Å². The van der Waals surface area contributed by atoms with E-state index in [2.05, 4.69) is 11.6 Å². The highest BCUT2D eigenvalue weighted by Gasteiger charge is 2.20. The fraction of sp³-hybridized carbons (Fsp3) is 0.714. The van der Waals surface area contributed by atoms with E-state index in [0.29, 0.717) is 17.3 Å². The van der Waals surface area contributed by atoms with E-state index < -0.39 is 10.0 Å². The second-order valence-corrected chi connectivity index (χ2v) is 8.49. The molecule has 1 aromatic rings. The Morgan fingerprint density at radius 2 is 2.25 bits per heavy atom. The van der Waals surface area contributed by atoms with Crippen LogP contribution in [-0.4, -0.2) is 20.1 Å². The monoisotopic (exact) mass is 317 g/mol. The normalized spacial score (nSPS) is 23.9. The molecule has 1 fully saturated rings. The fourth-order valence-electron chi connectivity index (χ4n) is 2.89. The van der Waals surface area contributed by atoms with Crippen LogP contribution < -0.4 is 4.72 Å². The zero-order valence-electron chi connectivity index (χ0n) is 11.8. The maximum Gasteiger partial charge on any atom is 0.241 e. The number of thiophene rings is 1. The molecule has 4 nitrogen and oxygen atoms in total. The first-order valence-electron chi connectivity index (χ1n) is 7.19. The lowest BCUT2D eigenvalue weighted by Crippen LogP contribution is -2.27. The molecule has 1 saturated carbocycles. The molecule has 1 aliphatic carbocycles. The van der Waals surface area contributed by atoms with Gasteiger partial charge in [-0.25, -0.2) is 13.1 Å². The van der Waals surface area contributed by atoms with Crippen molar-refractivity contribution >= 4 is 21.4 Å². The number of nitrogens with one attached hydrogen (secondary N) is 1. The predicted molar refractivity (Wildman–Crippen MR) is 81.2 cm³/mol. The van der Waals surface area contributed by atoms with Crippen molar-refractivity contribution in [1.82, 2.24) is 4.72 Å². The summed E-state index contributed by atoms with van der Waals surface area (Å²) in [6, 6.07) is 1.54. The van der Waals surface area contributed by atoms with Crippen LogP contribution in [0, 0.1) is 11.8 Å². The molecular formula is C14H23NO3S2. The van der Waals surface area contributed by atoms with Crippen molar-refractivity contribution in [3.05, 3.63) is 16.3 Å². The zero-order valence-corrected chi connectivity index (χ0v) is 13.5. The van der Waals surface area contributed by atoms with Crippen LogP contribution in [0.2, 0.25) is 0 Å². The smallest absolute Gasteiger partial charge is 0.241 e. The molecule has 1 heterocycles. The highest BCUT2D eigenvalue weighted by atomic mass is 32.2. The minimum atomic E-state index is -3.41. The average molecular weight is 317 g/mol. The molecule has 1 aromatic heterocycles. The summed E-state index contributed by atoms with van der Waals surface area (Å²) < 4.78 is 26.8. The number of aliphatic hydroxyl groups excluding tert-OH is 1. The molecule has 2 N–H and O–H groups in total. The third kappa shape index (κ3) is 4.28. The summed E-state index contributed by atoms with van der Waals surface area (Å²) in [5.74, 6) is 1.42. The predicted octanol–water partition coefficient (Wildman–Crippen LogP) is 2.74. The number of rotatable bonds is 6. The van der Waals surface area contributed by atoms with Gasteiger partial charge in [0, 0.05) is 16.8 Å². The molecule has 0 aliphatic heterocycles. The van der Waals surface area contributed by atoms with Crippen molar-refractivity contribution in [3.8, 4) is 0 Å². The molecule has 0 amide bonds. The lowest BCUT2D eigenvalue weighted by molar-refractivity contribution is 0.271. The Hall–Kier alpha value is -0.430. The van der Waals surface area contributed by atoms with Crippen molar-refractivity contribution in [2.24, 2.45) is 11.8 Å². The molecule has 0 saturated heterocycles. The third-order valence-electron chi connectivity index (χ3n) is 3.99. The second-order valence-electron chi connectivity index (χ2n) is 5.73. The van der Waals surface area contributed by atoms with E-state index >= 15 is 0 Å². The average Bonchev–Trinajstić information content (AvgIpc) is 2.88. The Morgan fingerprint density at radius 3 is 2.90 bits per heavy atom. The van der Waals surface area contributed by atoms with Crippen molar-refractivity contribution in [1.29, 1.82) is 0 Å². The molecule has 0 radical (unpaired) electrons. The van der Waals surface area contributed by atoms with Crippen LogP contribution in [0.5, 0.6) is 0 Å². The van der Waals surface area contributed by atoms with E-state index in [4.69, 9.17) is 5.11 Å². The van der Waals surface area contributed by atoms with E-state index in [1.54, 1.807) is 5.38 Å². The Balaban J connectivity index is 1.83. The summed E-state index contributed by atoms with van der Waals surface area (Å²) in [6.07, 6.45) is 5.93. The van der Waals surface area contributed by atoms with Gasteiger partial charge in [0.2, 0.25) is 10.0 Å². The van der Waals surface area contributed by atoms with Crippen molar-refractivity contribution in [2.75, 3.05) is 6.54 Å². The Bertz CT molecular complexity index is 524. The van der Waals surface area contributed by atoms with Crippen molar-refractivity contribution in [2.45, 2.75) is 50.5 Å². The molecule has 6 heteroatoms. The Morgan fingerprint density at radius 1 is 1.45 bits per heavy atom. The molecule has 0 bridgehead atoms. The minimum absolute atomic E-state index is 0.111. The largest absolute Gasteiger partial charge is 0.391 e. The lowest BCUT2D eigenvalue weighted by Gasteiger charge is -2.26. The molecule has 20 heavy (non-hydrogen) atoms.